The highest BCUT2D eigenvalue weighted by Gasteiger charge is 2.14. The summed E-state index contributed by atoms with van der Waals surface area (Å²) in [6.07, 6.45) is 0.455. The van der Waals surface area contributed by atoms with Crippen molar-refractivity contribution in [2.45, 2.75) is 31.1 Å². The van der Waals surface area contributed by atoms with E-state index < -0.39 is 16.1 Å². The topological polar surface area (TPSA) is 202 Å². The average Bonchev–Trinajstić information content (AvgIpc) is 3.12. The molecule has 0 atom stereocenters. The van der Waals surface area contributed by atoms with Gasteiger partial charge in [-0.2, -0.15) is 8.42 Å². The summed E-state index contributed by atoms with van der Waals surface area (Å²) in [6.45, 7) is 10.7. The summed E-state index contributed by atoms with van der Waals surface area (Å²) < 4.78 is 83.4. The molecule has 1 amide bonds. The first-order valence-electron chi connectivity index (χ1n) is 17.5. The summed E-state index contributed by atoms with van der Waals surface area (Å²) in [5.41, 5.74) is 0.969. The van der Waals surface area contributed by atoms with Crippen molar-refractivity contribution in [2.75, 3.05) is 145 Å². The number of nitrogens with one attached hydrogen (secondary N) is 1. The van der Waals surface area contributed by atoms with Gasteiger partial charge in [-0.3, -0.25) is 13.8 Å². The quantitative estimate of drug-likeness (QED) is 0.0715. The monoisotopic (exact) mass is 769 g/mol. The molecule has 0 saturated carbocycles. The molecule has 0 bridgehead atoms. The number of carbonyl (C=O) groups excluding carboxylic acids is 1. The summed E-state index contributed by atoms with van der Waals surface area (Å²) in [4.78, 5) is 21.9. The molecule has 0 unspecified atom stereocenters. The van der Waals surface area contributed by atoms with E-state index in [1.54, 1.807) is 12.1 Å². The number of amides is 1. The molecule has 17 nitrogen and oxygen atoms in total. The van der Waals surface area contributed by atoms with Gasteiger partial charge >= 0.3 is 5.97 Å². The number of rotatable bonds is 39. The Bertz CT molecular complexity index is 1090. The van der Waals surface area contributed by atoms with Crippen molar-refractivity contribution in [1.82, 2.24) is 5.32 Å². The Hall–Kier alpha value is -2.33. The van der Waals surface area contributed by atoms with Crippen molar-refractivity contribution in [3.05, 3.63) is 29.8 Å². The molecular weight excluding hydrogens is 710 g/mol. The molecule has 0 fully saturated rings. The molecule has 18 heteroatoms. The molecule has 0 heterocycles. The van der Waals surface area contributed by atoms with Crippen LogP contribution in [-0.2, 0) is 71.3 Å². The minimum absolute atomic E-state index is 0.0171. The summed E-state index contributed by atoms with van der Waals surface area (Å²) in [7, 11) is -3.78. The van der Waals surface area contributed by atoms with E-state index >= 15 is 0 Å². The third-order valence-electron chi connectivity index (χ3n) is 6.48. The maximum absolute atomic E-state index is 12.1. The lowest BCUT2D eigenvalue weighted by molar-refractivity contribution is -0.138. The van der Waals surface area contributed by atoms with Gasteiger partial charge in [0, 0.05) is 19.6 Å². The fourth-order valence-electron chi connectivity index (χ4n) is 3.77. The highest BCUT2D eigenvalue weighted by molar-refractivity contribution is 7.86. The Morgan fingerprint density at radius 2 is 0.846 bits per heavy atom. The molecule has 0 saturated heterocycles. The number of carboxylic acids is 1. The second-order valence-electron chi connectivity index (χ2n) is 10.8. The second kappa shape index (κ2) is 34.4. The van der Waals surface area contributed by atoms with Gasteiger partial charge < -0.3 is 57.8 Å². The first-order chi connectivity index (χ1) is 25.3. The maximum Gasteiger partial charge on any atom is 0.303 e. The summed E-state index contributed by atoms with van der Waals surface area (Å²) in [5.74, 6) is -1.26. The SMILES string of the molecule is Cc1ccc(S(=O)(=O)OCCOCCOCCOCCOCCOCCOCCOCCOCCOCCOCCCNC(=O)CCC(=O)O)cc1. The molecule has 0 aliphatic carbocycles. The van der Waals surface area contributed by atoms with Gasteiger partial charge in [0.05, 0.1) is 143 Å². The van der Waals surface area contributed by atoms with Gasteiger partial charge in [-0.1, -0.05) is 17.7 Å². The lowest BCUT2D eigenvalue weighted by atomic mass is 10.2. The number of aryl methyl sites for hydroxylation is 1. The van der Waals surface area contributed by atoms with Crippen molar-refractivity contribution in [3.63, 3.8) is 0 Å². The summed E-state index contributed by atoms with van der Waals surface area (Å²) in [5, 5.41) is 11.2. The average molecular weight is 770 g/mol. The molecule has 0 aromatic heterocycles. The standard InChI is InChI=1S/C34H59NO16S/c1-31-3-5-32(6-4-31)52(39,40)51-30-29-50-28-27-49-26-25-48-24-23-47-22-21-46-20-19-45-18-17-44-16-15-43-14-13-42-12-11-41-10-2-9-35-33(36)7-8-34(37)38/h3-6H,2,7-30H2,1H3,(H,35,36)(H,37,38). The molecule has 0 aliphatic heterocycles. The van der Waals surface area contributed by atoms with Crippen LogP contribution in [0, 0.1) is 6.92 Å². The molecule has 52 heavy (non-hydrogen) atoms. The van der Waals surface area contributed by atoms with E-state index in [1.165, 1.54) is 12.1 Å². The lowest BCUT2D eigenvalue weighted by Gasteiger charge is -2.09. The fraction of sp³-hybridized carbons (Fsp3) is 0.765. The van der Waals surface area contributed by atoms with Crippen LogP contribution in [0.1, 0.15) is 24.8 Å². The lowest BCUT2D eigenvalue weighted by Crippen LogP contribution is -2.25. The Labute approximate surface area is 307 Å². The first-order valence-corrected chi connectivity index (χ1v) is 18.9. The van der Waals surface area contributed by atoms with E-state index in [2.05, 4.69) is 5.32 Å². The molecule has 302 valence electrons. The van der Waals surface area contributed by atoms with Crippen LogP contribution in [0.5, 0.6) is 0 Å². The van der Waals surface area contributed by atoms with E-state index in [0.29, 0.717) is 138 Å². The number of carbonyl (C=O) groups is 2. The summed E-state index contributed by atoms with van der Waals surface area (Å²) in [6, 6.07) is 6.46. The van der Waals surface area contributed by atoms with Crippen LogP contribution in [0.2, 0.25) is 0 Å². The van der Waals surface area contributed by atoms with E-state index in [4.69, 9.17) is 56.7 Å². The number of hydrogen-bond acceptors (Lipinski definition) is 15. The van der Waals surface area contributed by atoms with Crippen LogP contribution in [0.3, 0.4) is 0 Å². The predicted molar refractivity (Wildman–Crippen MR) is 187 cm³/mol. The molecule has 1 aromatic carbocycles. The van der Waals surface area contributed by atoms with Gasteiger partial charge in [-0.15, -0.1) is 0 Å². The molecular formula is C34H59NO16S. The van der Waals surface area contributed by atoms with Crippen LogP contribution in [0.4, 0.5) is 0 Å². The van der Waals surface area contributed by atoms with Crippen LogP contribution in [0.15, 0.2) is 29.2 Å². The minimum Gasteiger partial charge on any atom is -0.481 e. The molecule has 1 aromatic rings. The maximum atomic E-state index is 12.1. The van der Waals surface area contributed by atoms with Gasteiger partial charge in [0.1, 0.15) is 0 Å². The first kappa shape index (κ1) is 47.7. The van der Waals surface area contributed by atoms with E-state index in [0.717, 1.165) is 5.56 Å². The van der Waals surface area contributed by atoms with Crippen LogP contribution in [0.25, 0.3) is 0 Å². The predicted octanol–water partition coefficient (Wildman–Crippen LogP) is 1.24. The van der Waals surface area contributed by atoms with Crippen molar-refractivity contribution < 1.29 is 74.7 Å². The van der Waals surface area contributed by atoms with Gasteiger partial charge in [0.2, 0.25) is 5.91 Å². The third-order valence-corrected chi connectivity index (χ3v) is 7.80. The van der Waals surface area contributed by atoms with Gasteiger partial charge in [-0.25, -0.2) is 0 Å². The Morgan fingerprint density at radius 3 is 1.19 bits per heavy atom. The molecule has 1 rings (SSSR count). The Morgan fingerprint density at radius 1 is 0.519 bits per heavy atom. The largest absolute Gasteiger partial charge is 0.481 e. The zero-order valence-corrected chi connectivity index (χ0v) is 31.3. The van der Waals surface area contributed by atoms with Crippen molar-refractivity contribution in [1.29, 1.82) is 0 Å². The van der Waals surface area contributed by atoms with Crippen LogP contribution >= 0.6 is 0 Å². The van der Waals surface area contributed by atoms with Gasteiger partial charge in [0.25, 0.3) is 10.1 Å². The normalized spacial score (nSPS) is 11.6. The number of carboxylic acid groups (broad SMARTS) is 1. The Kier molecular flexibility index (Phi) is 31.6. The zero-order valence-electron chi connectivity index (χ0n) is 30.5. The molecule has 0 radical (unpaired) electrons. The third kappa shape index (κ3) is 31.2. The van der Waals surface area contributed by atoms with E-state index in [9.17, 15) is 18.0 Å². The number of hydrogen-bond donors (Lipinski definition) is 2. The van der Waals surface area contributed by atoms with Crippen molar-refractivity contribution >= 4 is 22.0 Å². The van der Waals surface area contributed by atoms with Crippen LogP contribution in [-0.4, -0.2) is 171 Å². The fourth-order valence-corrected chi connectivity index (χ4v) is 4.66. The van der Waals surface area contributed by atoms with Crippen LogP contribution < -0.4 is 5.32 Å². The van der Waals surface area contributed by atoms with Gasteiger partial charge in [-0.05, 0) is 25.5 Å². The van der Waals surface area contributed by atoms with Gasteiger partial charge in [0.15, 0.2) is 0 Å². The number of benzene rings is 1. The van der Waals surface area contributed by atoms with Crippen molar-refractivity contribution in [3.8, 4) is 0 Å². The zero-order chi connectivity index (χ0) is 37.8. The molecule has 2 N–H and O–H groups in total. The smallest absolute Gasteiger partial charge is 0.303 e. The van der Waals surface area contributed by atoms with E-state index in [-0.39, 0.29) is 36.9 Å². The van der Waals surface area contributed by atoms with Crippen molar-refractivity contribution in [2.24, 2.45) is 0 Å². The summed E-state index contributed by atoms with van der Waals surface area (Å²) >= 11 is 0. The van der Waals surface area contributed by atoms with E-state index in [1.807, 2.05) is 6.92 Å². The molecule has 0 aliphatic rings. The highest BCUT2D eigenvalue weighted by atomic mass is 32.2. The minimum atomic E-state index is -3.78. The number of aliphatic carboxylic acids is 1. The number of ether oxygens (including phenoxy) is 10. The second-order valence-corrected chi connectivity index (χ2v) is 12.4. The molecule has 0 spiro atoms. The Balaban J connectivity index is 1.67. The highest BCUT2D eigenvalue weighted by Crippen LogP contribution is 2.12.